The minimum absolute atomic E-state index is 0. The number of nitrogens with two attached hydrogens (primary N) is 8. The third-order valence-corrected chi connectivity index (χ3v) is 0. The van der Waals surface area contributed by atoms with Crippen LogP contribution in [-0.4, -0.2) is 56.4 Å². The molecule has 0 amide bonds. The summed E-state index contributed by atoms with van der Waals surface area (Å²) in [7, 11) is 12.0. The van der Waals surface area contributed by atoms with Crippen LogP contribution in [0.2, 0.25) is 0 Å². The van der Waals surface area contributed by atoms with Crippen LogP contribution in [-0.2, 0) is 0 Å². The molecule has 0 fully saturated rings. The summed E-state index contributed by atoms with van der Waals surface area (Å²) in [4.78, 5) is 0. The minimum atomic E-state index is 0. The van der Waals surface area contributed by atoms with Gasteiger partial charge in [0.2, 0.25) is 0 Å². The first-order chi connectivity index (χ1) is 12.0. The SMILES string of the molecule is C.C.CC.CC.CC.CC.CN.CN.CN.CN.CN.CN.CN.CN. The van der Waals surface area contributed by atoms with Crippen molar-refractivity contribution in [3.63, 3.8) is 0 Å². The van der Waals surface area contributed by atoms with E-state index in [1.165, 1.54) is 56.4 Å². The van der Waals surface area contributed by atoms with Gasteiger partial charge >= 0.3 is 0 Å². The second-order valence-corrected chi connectivity index (χ2v) is 0. The summed E-state index contributed by atoms with van der Waals surface area (Å²) < 4.78 is 0. The standard InChI is InChI=1S/4C2H6.8CH5N.2CH4/c12*1-2;;/h4*1-2H3;8*2H2,1H3;2*1H4. The van der Waals surface area contributed by atoms with Crippen LogP contribution in [0.3, 0.4) is 0 Å². The Balaban J connectivity index is -0.00000000500. The molecule has 0 spiro atoms. The first-order valence-corrected chi connectivity index (χ1v) is 8.62. The second-order valence-electron chi connectivity index (χ2n) is 0. The van der Waals surface area contributed by atoms with E-state index in [1.807, 2.05) is 55.4 Å². The largest absolute Gasteiger partial charge is 0.333 e. The molecule has 0 heterocycles. The van der Waals surface area contributed by atoms with Gasteiger partial charge in [-0.25, -0.2) is 0 Å². The normalized spacial score (nSPS) is 2.77. The van der Waals surface area contributed by atoms with E-state index in [0.717, 1.165) is 0 Å². The van der Waals surface area contributed by atoms with Crippen molar-refractivity contribution in [3.05, 3.63) is 0 Å². The Bertz CT molecular complexity index is 23.2. The van der Waals surface area contributed by atoms with Crippen molar-refractivity contribution in [1.29, 1.82) is 0 Å². The van der Waals surface area contributed by atoms with E-state index in [0.29, 0.717) is 0 Å². The summed E-state index contributed by atoms with van der Waals surface area (Å²) in [5.74, 6) is 0. The van der Waals surface area contributed by atoms with Gasteiger partial charge in [0.05, 0.1) is 0 Å². The van der Waals surface area contributed by atoms with Crippen LogP contribution in [0.15, 0.2) is 0 Å². The lowest BCUT2D eigenvalue weighted by molar-refractivity contribution is 1.48. The van der Waals surface area contributed by atoms with Crippen LogP contribution in [0.5, 0.6) is 0 Å². The highest BCUT2D eigenvalue weighted by atomic mass is 14.4. The summed E-state index contributed by atoms with van der Waals surface area (Å²) >= 11 is 0. The van der Waals surface area contributed by atoms with Gasteiger partial charge in [0, 0.05) is 0 Å². The van der Waals surface area contributed by atoms with E-state index in [1.54, 1.807) is 0 Å². The molecule has 0 aromatic rings. The Morgan fingerprint density at radius 3 is 0.192 bits per heavy atom. The van der Waals surface area contributed by atoms with E-state index in [-0.39, 0.29) is 14.9 Å². The summed E-state index contributed by atoms with van der Waals surface area (Å²) in [6.07, 6.45) is 0. The molecular weight excluding hydrogens is 328 g/mol. The molecule has 0 saturated heterocycles. The highest BCUT2D eigenvalue weighted by Gasteiger charge is 0.939. The molecular formula is C18H72N8. The molecule has 0 aromatic heterocycles. The predicted octanol–water partition coefficient (Wildman–Crippen LogP) is 1.98. The number of hydrogen-bond acceptors (Lipinski definition) is 8. The van der Waals surface area contributed by atoms with E-state index in [9.17, 15) is 0 Å². The third-order valence-electron chi connectivity index (χ3n) is 0. The van der Waals surface area contributed by atoms with Crippen LogP contribution in [0, 0.1) is 0 Å². The molecule has 16 N–H and O–H groups in total. The van der Waals surface area contributed by atoms with Crippen molar-refractivity contribution in [1.82, 2.24) is 0 Å². The van der Waals surface area contributed by atoms with Gasteiger partial charge < -0.3 is 45.9 Å². The van der Waals surface area contributed by atoms with Crippen molar-refractivity contribution < 1.29 is 0 Å². The molecule has 0 rings (SSSR count). The topological polar surface area (TPSA) is 208 Å². The van der Waals surface area contributed by atoms with Gasteiger partial charge in [-0.3, -0.25) is 0 Å². The second kappa shape index (κ2) is 135000. The highest BCUT2D eigenvalue weighted by Crippen LogP contribution is 1.15. The molecule has 0 unspecified atom stereocenters. The Kier molecular flexibility index (Phi) is 596000. The quantitative estimate of drug-likeness (QED) is 0.300. The molecule has 8 heteroatoms. The fourth-order valence-electron chi connectivity index (χ4n) is 0. The fraction of sp³-hybridized carbons (Fsp3) is 1.00. The molecule has 184 valence electrons. The lowest BCUT2D eigenvalue weighted by Crippen LogP contribution is -1.69. The van der Waals surface area contributed by atoms with E-state index >= 15 is 0 Å². The van der Waals surface area contributed by atoms with Crippen LogP contribution < -0.4 is 45.9 Å². The molecule has 0 bridgehead atoms. The maximum Gasteiger partial charge on any atom is -0.0195 e. The maximum absolute atomic E-state index is 4.50. The van der Waals surface area contributed by atoms with Gasteiger partial charge in [-0.05, 0) is 56.4 Å². The molecule has 0 saturated carbocycles. The summed E-state index contributed by atoms with van der Waals surface area (Å²) in [6, 6.07) is 0. The zero-order valence-corrected chi connectivity index (χ0v) is 20.6. The zero-order chi connectivity index (χ0) is 24.0. The van der Waals surface area contributed by atoms with E-state index in [4.69, 9.17) is 0 Å². The van der Waals surface area contributed by atoms with Crippen LogP contribution >= 0.6 is 0 Å². The van der Waals surface area contributed by atoms with Gasteiger partial charge in [-0.1, -0.05) is 70.2 Å². The van der Waals surface area contributed by atoms with Crippen molar-refractivity contribution >= 4 is 0 Å². The molecule has 0 aromatic carbocycles. The average Bonchev–Trinajstić information content (AvgIpc) is 2.84. The Morgan fingerprint density at radius 1 is 0.192 bits per heavy atom. The van der Waals surface area contributed by atoms with Crippen molar-refractivity contribution in [2.75, 3.05) is 56.4 Å². The summed E-state index contributed by atoms with van der Waals surface area (Å²) in [5.41, 5.74) is 36.0. The van der Waals surface area contributed by atoms with Crippen molar-refractivity contribution in [2.24, 2.45) is 45.9 Å². The van der Waals surface area contributed by atoms with Gasteiger partial charge in [0.1, 0.15) is 0 Å². The zero-order valence-electron chi connectivity index (χ0n) is 20.6. The highest BCUT2D eigenvalue weighted by molar-refractivity contribution is 3.55. The van der Waals surface area contributed by atoms with E-state index < -0.39 is 0 Å². The summed E-state index contributed by atoms with van der Waals surface area (Å²) in [6.45, 7) is 16.0. The van der Waals surface area contributed by atoms with E-state index in [2.05, 4.69) is 45.9 Å². The molecule has 0 aliphatic carbocycles. The Labute approximate surface area is 173 Å². The molecule has 8 nitrogen and oxygen atoms in total. The molecule has 0 aliphatic rings. The average molecular weight is 401 g/mol. The minimum Gasteiger partial charge on any atom is -0.333 e. The number of hydrogen-bond donors (Lipinski definition) is 8. The fourth-order valence-corrected chi connectivity index (χ4v) is 0. The lowest BCUT2D eigenvalue weighted by Gasteiger charge is -1.19. The van der Waals surface area contributed by atoms with Crippen LogP contribution in [0.1, 0.15) is 70.2 Å². The summed E-state index contributed by atoms with van der Waals surface area (Å²) in [5, 5.41) is 0. The van der Waals surface area contributed by atoms with Crippen LogP contribution in [0.4, 0.5) is 0 Å². The number of rotatable bonds is 0. The van der Waals surface area contributed by atoms with Crippen molar-refractivity contribution in [3.8, 4) is 0 Å². The molecule has 0 radical (unpaired) electrons. The lowest BCUT2D eigenvalue weighted by atomic mass is 11.0. The third kappa shape index (κ3) is 119000. The van der Waals surface area contributed by atoms with Gasteiger partial charge in [0.25, 0.3) is 0 Å². The van der Waals surface area contributed by atoms with Gasteiger partial charge in [0.15, 0.2) is 0 Å². The van der Waals surface area contributed by atoms with Crippen molar-refractivity contribution in [2.45, 2.75) is 70.2 Å². The molecule has 26 heavy (non-hydrogen) atoms. The Hall–Kier alpha value is -0.320. The molecule has 0 aliphatic heterocycles. The first kappa shape index (κ1) is 115. The maximum atomic E-state index is 4.50. The predicted molar refractivity (Wildman–Crippen MR) is 140 cm³/mol. The monoisotopic (exact) mass is 401 g/mol. The van der Waals surface area contributed by atoms with Crippen LogP contribution in [0.25, 0.3) is 0 Å². The Morgan fingerprint density at radius 2 is 0.192 bits per heavy atom. The van der Waals surface area contributed by atoms with Gasteiger partial charge in [-0.15, -0.1) is 0 Å². The molecule has 0 atom stereocenters. The smallest absolute Gasteiger partial charge is 0.0195 e. The van der Waals surface area contributed by atoms with Gasteiger partial charge in [-0.2, -0.15) is 0 Å². The first-order valence-electron chi connectivity index (χ1n) is 8.62.